The van der Waals surface area contributed by atoms with E-state index in [0.29, 0.717) is 4.90 Å². The van der Waals surface area contributed by atoms with Crippen molar-refractivity contribution in [1.82, 2.24) is 4.57 Å². The number of nitrogens with zero attached hydrogens (tertiary/aromatic N) is 1. The van der Waals surface area contributed by atoms with Crippen LogP contribution in [0.2, 0.25) is 0 Å². The minimum absolute atomic E-state index is 0.0899. The van der Waals surface area contributed by atoms with Crippen molar-refractivity contribution in [3.63, 3.8) is 0 Å². The summed E-state index contributed by atoms with van der Waals surface area (Å²) in [6.07, 6.45) is 7.26. The van der Waals surface area contributed by atoms with Gasteiger partial charge in [0.25, 0.3) is 0 Å². The normalized spacial score (nSPS) is 12.5. The quantitative estimate of drug-likeness (QED) is 0.644. The molecule has 0 bridgehead atoms. The molecule has 0 saturated heterocycles. The number of benzene rings is 2. The van der Waals surface area contributed by atoms with Gasteiger partial charge in [0.2, 0.25) is 0 Å². The summed E-state index contributed by atoms with van der Waals surface area (Å²) in [6.45, 7) is 4.40. The predicted octanol–water partition coefficient (Wildman–Crippen LogP) is 4.42. The molecule has 5 heteroatoms. The highest BCUT2D eigenvalue weighted by molar-refractivity contribution is 7.90. The van der Waals surface area contributed by atoms with E-state index in [1.807, 2.05) is 24.4 Å². The molecule has 138 valence electrons. The van der Waals surface area contributed by atoms with Crippen molar-refractivity contribution in [2.24, 2.45) is 0 Å². The van der Waals surface area contributed by atoms with Crippen LogP contribution < -0.4 is 4.74 Å². The van der Waals surface area contributed by atoms with Crippen molar-refractivity contribution in [2.75, 3.05) is 13.4 Å². The van der Waals surface area contributed by atoms with Gasteiger partial charge in [-0.2, -0.15) is 0 Å². The Balaban J connectivity index is 1.84. The van der Waals surface area contributed by atoms with Crippen molar-refractivity contribution in [1.29, 1.82) is 0 Å². The topological polar surface area (TPSA) is 48.3 Å². The molecular weight excluding hydrogens is 346 g/mol. The number of sulfone groups is 1. The third-order valence-electron chi connectivity index (χ3n) is 4.90. The molecule has 0 radical (unpaired) electrons. The molecule has 0 aliphatic rings. The maximum atomic E-state index is 11.8. The van der Waals surface area contributed by atoms with E-state index in [9.17, 15) is 8.42 Å². The molecule has 0 saturated carbocycles. The fourth-order valence-electron chi connectivity index (χ4n) is 3.11. The predicted molar refractivity (Wildman–Crippen MR) is 106 cm³/mol. The van der Waals surface area contributed by atoms with Crippen molar-refractivity contribution in [2.45, 2.75) is 37.1 Å². The number of hydrogen-bond donors (Lipinski definition) is 0. The smallest absolute Gasteiger partial charge is 0.175 e. The molecule has 1 aromatic heterocycles. The van der Waals surface area contributed by atoms with E-state index < -0.39 is 9.84 Å². The van der Waals surface area contributed by atoms with Gasteiger partial charge < -0.3 is 9.30 Å². The Hall–Kier alpha value is -2.27. The number of rotatable bonds is 6. The van der Waals surface area contributed by atoms with Crippen molar-refractivity contribution >= 4 is 20.6 Å². The molecule has 0 atom stereocenters. The Morgan fingerprint density at radius 1 is 1.04 bits per heavy atom. The Kier molecular flexibility index (Phi) is 4.84. The average Bonchev–Trinajstić information content (AvgIpc) is 3.04. The summed E-state index contributed by atoms with van der Waals surface area (Å²) < 4.78 is 31.0. The molecule has 2 aromatic carbocycles. The highest BCUT2D eigenvalue weighted by atomic mass is 32.2. The van der Waals surface area contributed by atoms with Crippen LogP contribution in [0.4, 0.5) is 0 Å². The van der Waals surface area contributed by atoms with E-state index in [2.05, 4.69) is 36.7 Å². The van der Waals surface area contributed by atoms with Crippen LogP contribution in [0.15, 0.2) is 59.8 Å². The van der Waals surface area contributed by atoms with Gasteiger partial charge in [-0.05, 0) is 61.9 Å². The molecule has 0 unspecified atom stereocenters. The molecule has 1 heterocycles. The van der Waals surface area contributed by atoms with Gasteiger partial charge in [-0.3, -0.25) is 0 Å². The van der Waals surface area contributed by atoms with E-state index in [4.69, 9.17) is 4.74 Å². The lowest BCUT2D eigenvalue weighted by atomic mass is 9.95. The molecule has 4 nitrogen and oxygen atoms in total. The standard InChI is InChI=1S/C21H25NO3S/c1-21(2,11-10-16-6-5-7-19(12-16)25-3)22-14-17-8-9-20(26(4,23)24)13-18(17)15-22/h5-9,12-15H,10-11H2,1-4H3. The summed E-state index contributed by atoms with van der Waals surface area (Å²) in [5.74, 6) is 0.875. The molecular formula is C21H25NO3S. The summed E-state index contributed by atoms with van der Waals surface area (Å²) in [6, 6.07) is 13.4. The average molecular weight is 372 g/mol. The van der Waals surface area contributed by atoms with Crippen LogP contribution >= 0.6 is 0 Å². The molecule has 0 aliphatic carbocycles. The van der Waals surface area contributed by atoms with Crippen LogP contribution in [-0.2, 0) is 21.8 Å². The van der Waals surface area contributed by atoms with Gasteiger partial charge >= 0.3 is 0 Å². The van der Waals surface area contributed by atoms with Gasteiger partial charge in [0.1, 0.15) is 5.75 Å². The number of methoxy groups -OCH3 is 1. The zero-order valence-corrected chi connectivity index (χ0v) is 16.5. The molecule has 0 N–H and O–H groups in total. The second-order valence-corrected chi connectivity index (χ2v) is 9.41. The SMILES string of the molecule is COc1cccc(CCC(C)(C)n2cc3ccc(S(C)(=O)=O)cc3c2)c1. The van der Waals surface area contributed by atoms with E-state index in [0.717, 1.165) is 29.4 Å². The third kappa shape index (κ3) is 3.93. The van der Waals surface area contributed by atoms with Crippen molar-refractivity contribution in [3.8, 4) is 5.75 Å². The third-order valence-corrected chi connectivity index (χ3v) is 6.01. The van der Waals surface area contributed by atoms with Gasteiger partial charge in [0, 0.05) is 29.6 Å². The summed E-state index contributed by atoms with van der Waals surface area (Å²) in [7, 11) is -1.51. The zero-order chi connectivity index (χ0) is 18.9. The summed E-state index contributed by atoms with van der Waals surface area (Å²) in [5.41, 5.74) is 1.15. The lowest BCUT2D eigenvalue weighted by Crippen LogP contribution is -2.25. The first-order chi connectivity index (χ1) is 12.2. The van der Waals surface area contributed by atoms with Gasteiger partial charge in [0.15, 0.2) is 9.84 Å². The van der Waals surface area contributed by atoms with E-state index in [1.54, 1.807) is 19.2 Å². The number of aromatic nitrogens is 1. The minimum atomic E-state index is -3.19. The largest absolute Gasteiger partial charge is 0.497 e. The van der Waals surface area contributed by atoms with Gasteiger partial charge in [-0.1, -0.05) is 18.2 Å². The van der Waals surface area contributed by atoms with Gasteiger partial charge in [0.05, 0.1) is 12.0 Å². The van der Waals surface area contributed by atoms with E-state index in [-0.39, 0.29) is 5.54 Å². The zero-order valence-electron chi connectivity index (χ0n) is 15.7. The maximum absolute atomic E-state index is 11.8. The molecule has 0 amide bonds. The van der Waals surface area contributed by atoms with Gasteiger partial charge in [-0.25, -0.2) is 8.42 Å². The Bertz CT molecular complexity index is 1030. The van der Waals surface area contributed by atoms with Crippen LogP contribution in [0.1, 0.15) is 25.8 Å². The van der Waals surface area contributed by atoms with E-state index in [1.165, 1.54) is 11.8 Å². The molecule has 0 fully saturated rings. The Morgan fingerprint density at radius 2 is 1.77 bits per heavy atom. The maximum Gasteiger partial charge on any atom is 0.175 e. The van der Waals surface area contributed by atoms with Crippen LogP contribution in [0.3, 0.4) is 0 Å². The number of hydrogen-bond acceptors (Lipinski definition) is 3. The first kappa shape index (κ1) is 18.5. The highest BCUT2D eigenvalue weighted by Gasteiger charge is 2.20. The molecule has 26 heavy (non-hydrogen) atoms. The van der Waals surface area contributed by atoms with Crippen LogP contribution in [0.25, 0.3) is 10.8 Å². The number of ether oxygens (including phenoxy) is 1. The van der Waals surface area contributed by atoms with Crippen LogP contribution in [0.5, 0.6) is 5.75 Å². The molecule has 3 rings (SSSR count). The minimum Gasteiger partial charge on any atom is -0.497 e. The first-order valence-electron chi connectivity index (χ1n) is 8.64. The van der Waals surface area contributed by atoms with E-state index >= 15 is 0 Å². The second-order valence-electron chi connectivity index (χ2n) is 7.39. The lowest BCUT2D eigenvalue weighted by Gasteiger charge is -2.27. The summed E-state index contributed by atoms with van der Waals surface area (Å²) in [4.78, 5) is 0.358. The van der Waals surface area contributed by atoms with Crippen LogP contribution in [0, 0.1) is 0 Å². The summed E-state index contributed by atoms with van der Waals surface area (Å²) in [5, 5.41) is 1.99. The second kappa shape index (κ2) is 6.80. The molecule has 0 aliphatic heterocycles. The lowest BCUT2D eigenvalue weighted by molar-refractivity contribution is 0.329. The fourth-order valence-corrected chi connectivity index (χ4v) is 3.76. The highest BCUT2D eigenvalue weighted by Crippen LogP contribution is 2.28. The Morgan fingerprint density at radius 3 is 2.46 bits per heavy atom. The first-order valence-corrected chi connectivity index (χ1v) is 10.5. The van der Waals surface area contributed by atoms with Crippen LogP contribution in [-0.4, -0.2) is 26.4 Å². The molecule has 0 spiro atoms. The summed E-state index contributed by atoms with van der Waals surface area (Å²) >= 11 is 0. The Labute approximate surface area is 155 Å². The fraction of sp³-hybridized carbons (Fsp3) is 0.333. The van der Waals surface area contributed by atoms with Crippen molar-refractivity contribution < 1.29 is 13.2 Å². The van der Waals surface area contributed by atoms with Crippen molar-refractivity contribution in [3.05, 3.63) is 60.4 Å². The monoisotopic (exact) mass is 371 g/mol. The number of aryl methyl sites for hydroxylation is 1. The molecule has 3 aromatic rings. The van der Waals surface area contributed by atoms with Gasteiger partial charge in [-0.15, -0.1) is 0 Å². The number of fused-ring (bicyclic) bond motifs is 1.